The first-order chi connectivity index (χ1) is 4.33. The number of aromatic nitrogens is 1. The summed E-state index contributed by atoms with van der Waals surface area (Å²) >= 11 is 7.26. The van der Waals surface area contributed by atoms with Gasteiger partial charge < -0.3 is 0 Å². The maximum absolute atomic E-state index is 5.60. The molecule has 0 aliphatic carbocycles. The third-order valence-corrected chi connectivity index (χ3v) is 1.87. The number of thioether (sulfide) groups is 1. The van der Waals surface area contributed by atoms with Crippen molar-refractivity contribution in [3.8, 4) is 0 Å². The lowest BCUT2D eigenvalue weighted by atomic mass is 10.5. The number of hydrogen-bond donors (Lipinski definition) is 0. The number of rotatable bonds is 1. The van der Waals surface area contributed by atoms with Crippen molar-refractivity contribution in [2.75, 3.05) is 6.26 Å². The molecule has 0 fully saturated rings. The fraction of sp³-hybridized carbons (Fsp3) is 0.167. The molecule has 1 rings (SSSR count). The molecule has 48 valence electrons. The average Bonchev–Trinajstić information content (AvgIpc) is 1.88. The maximum Gasteiger partial charge on any atom is 0.130 e. The molecule has 3 heteroatoms. The zero-order chi connectivity index (χ0) is 6.69. The van der Waals surface area contributed by atoms with Crippen molar-refractivity contribution in [3.63, 3.8) is 0 Å². The lowest BCUT2D eigenvalue weighted by Crippen LogP contribution is -1.73. The van der Waals surface area contributed by atoms with E-state index in [1.165, 1.54) is 0 Å². The molecule has 0 spiro atoms. The van der Waals surface area contributed by atoms with E-state index in [2.05, 4.69) is 4.98 Å². The van der Waals surface area contributed by atoms with E-state index in [0.29, 0.717) is 5.15 Å². The Balaban J connectivity index is 2.94. The molecule has 0 radical (unpaired) electrons. The smallest absolute Gasteiger partial charge is 0.130 e. The second kappa shape index (κ2) is 3.08. The van der Waals surface area contributed by atoms with Gasteiger partial charge in [0, 0.05) is 11.1 Å². The molecule has 0 aromatic carbocycles. The summed E-state index contributed by atoms with van der Waals surface area (Å²) < 4.78 is 0. The summed E-state index contributed by atoms with van der Waals surface area (Å²) in [6, 6.07) is 3.77. The minimum Gasteiger partial charge on any atom is -0.244 e. The largest absolute Gasteiger partial charge is 0.244 e. The molecule has 0 amide bonds. The van der Waals surface area contributed by atoms with Gasteiger partial charge in [0.2, 0.25) is 0 Å². The summed E-state index contributed by atoms with van der Waals surface area (Å²) in [6.07, 6.45) is 3.71. The Kier molecular flexibility index (Phi) is 2.37. The summed E-state index contributed by atoms with van der Waals surface area (Å²) in [5.41, 5.74) is 0. The molecule has 0 bridgehead atoms. The third kappa shape index (κ3) is 1.88. The van der Waals surface area contributed by atoms with Crippen LogP contribution in [0.3, 0.4) is 0 Å². The highest BCUT2D eigenvalue weighted by Crippen LogP contribution is 2.16. The molecule has 0 aliphatic rings. The molecule has 0 N–H and O–H groups in total. The maximum atomic E-state index is 5.60. The van der Waals surface area contributed by atoms with Gasteiger partial charge in [-0.25, -0.2) is 4.98 Å². The number of pyridine rings is 1. The molecule has 0 unspecified atom stereocenters. The van der Waals surface area contributed by atoms with Crippen molar-refractivity contribution in [1.82, 2.24) is 4.98 Å². The Bertz CT molecular complexity index is 202. The normalized spacial score (nSPS) is 9.56. The Morgan fingerprint density at radius 3 is 2.89 bits per heavy atom. The summed E-state index contributed by atoms with van der Waals surface area (Å²) in [6.45, 7) is 0. The molecule has 1 aromatic rings. The Morgan fingerprint density at radius 1 is 1.67 bits per heavy atom. The van der Waals surface area contributed by atoms with Crippen LogP contribution in [0.1, 0.15) is 0 Å². The third-order valence-electron chi connectivity index (χ3n) is 0.934. The van der Waals surface area contributed by atoms with Gasteiger partial charge in [-0.3, -0.25) is 0 Å². The van der Waals surface area contributed by atoms with Gasteiger partial charge in [0.15, 0.2) is 0 Å². The Hall–Kier alpha value is -0.210. The van der Waals surface area contributed by atoms with Crippen LogP contribution in [0.2, 0.25) is 5.15 Å². The second-order valence-corrected chi connectivity index (χ2v) is 2.79. The summed E-state index contributed by atoms with van der Waals surface area (Å²) in [5.74, 6) is 0. The lowest BCUT2D eigenvalue weighted by Gasteiger charge is -1.92. The first kappa shape index (κ1) is 6.90. The second-order valence-electron chi connectivity index (χ2n) is 1.52. The number of hydrogen-bond acceptors (Lipinski definition) is 2. The van der Waals surface area contributed by atoms with Crippen LogP contribution in [0.15, 0.2) is 23.2 Å². The molecule has 0 saturated carbocycles. The highest BCUT2D eigenvalue weighted by atomic mass is 35.5. The van der Waals surface area contributed by atoms with Crippen molar-refractivity contribution in [2.45, 2.75) is 4.90 Å². The molecule has 0 aliphatic heterocycles. The van der Waals surface area contributed by atoms with E-state index < -0.39 is 0 Å². The zero-order valence-electron chi connectivity index (χ0n) is 4.97. The predicted molar refractivity (Wildman–Crippen MR) is 41.0 cm³/mol. The van der Waals surface area contributed by atoms with Crippen molar-refractivity contribution in [2.24, 2.45) is 0 Å². The SMILES string of the molecule is CSc1ccnc(Cl)c1. The minimum absolute atomic E-state index is 0.557. The summed E-state index contributed by atoms with van der Waals surface area (Å²) in [5, 5.41) is 0.557. The van der Waals surface area contributed by atoms with E-state index in [0.717, 1.165) is 4.90 Å². The highest BCUT2D eigenvalue weighted by molar-refractivity contribution is 7.98. The van der Waals surface area contributed by atoms with Crippen LogP contribution >= 0.6 is 23.4 Å². The molecule has 0 atom stereocenters. The molecule has 1 aromatic heterocycles. The molecule has 0 saturated heterocycles. The van der Waals surface area contributed by atoms with E-state index in [1.807, 2.05) is 18.4 Å². The van der Waals surface area contributed by atoms with Gasteiger partial charge in [0.1, 0.15) is 5.15 Å². The fourth-order valence-corrected chi connectivity index (χ4v) is 1.18. The van der Waals surface area contributed by atoms with Crippen molar-refractivity contribution in [1.29, 1.82) is 0 Å². The van der Waals surface area contributed by atoms with Crippen LogP contribution in [-0.2, 0) is 0 Å². The van der Waals surface area contributed by atoms with Crippen LogP contribution in [0.25, 0.3) is 0 Å². The van der Waals surface area contributed by atoms with Crippen molar-refractivity contribution >= 4 is 23.4 Å². The first-order valence-electron chi connectivity index (χ1n) is 2.48. The standard InChI is InChI=1S/C6H6ClNS/c1-9-5-2-3-8-6(7)4-5/h2-4H,1H3. The van der Waals surface area contributed by atoms with Crippen LogP contribution in [0, 0.1) is 0 Å². The van der Waals surface area contributed by atoms with Gasteiger partial charge in [-0.05, 0) is 18.4 Å². The van der Waals surface area contributed by atoms with Crippen LogP contribution < -0.4 is 0 Å². The zero-order valence-corrected chi connectivity index (χ0v) is 6.54. The van der Waals surface area contributed by atoms with Gasteiger partial charge in [-0.15, -0.1) is 11.8 Å². The van der Waals surface area contributed by atoms with Crippen LogP contribution in [0.5, 0.6) is 0 Å². The quantitative estimate of drug-likeness (QED) is 0.461. The van der Waals surface area contributed by atoms with Gasteiger partial charge in [0.25, 0.3) is 0 Å². The monoisotopic (exact) mass is 159 g/mol. The number of nitrogens with zero attached hydrogens (tertiary/aromatic N) is 1. The van der Waals surface area contributed by atoms with Gasteiger partial charge in [-0.1, -0.05) is 11.6 Å². The molecule has 9 heavy (non-hydrogen) atoms. The Morgan fingerprint density at radius 2 is 2.44 bits per heavy atom. The molecule has 1 nitrogen and oxygen atoms in total. The topological polar surface area (TPSA) is 12.9 Å². The Labute approximate surface area is 63.4 Å². The average molecular weight is 160 g/mol. The highest BCUT2D eigenvalue weighted by Gasteiger charge is 1.89. The van der Waals surface area contributed by atoms with E-state index in [-0.39, 0.29) is 0 Å². The van der Waals surface area contributed by atoms with E-state index in [1.54, 1.807) is 18.0 Å². The van der Waals surface area contributed by atoms with E-state index in [4.69, 9.17) is 11.6 Å². The predicted octanol–water partition coefficient (Wildman–Crippen LogP) is 2.46. The van der Waals surface area contributed by atoms with E-state index in [9.17, 15) is 0 Å². The van der Waals surface area contributed by atoms with Crippen molar-refractivity contribution < 1.29 is 0 Å². The fourth-order valence-electron chi connectivity index (χ4n) is 0.512. The van der Waals surface area contributed by atoms with Gasteiger partial charge in [-0.2, -0.15) is 0 Å². The van der Waals surface area contributed by atoms with Crippen molar-refractivity contribution in [3.05, 3.63) is 23.5 Å². The van der Waals surface area contributed by atoms with E-state index >= 15 is 0 Å². The number of halogens is 1. The minimum atomic E-state index is 0.557. The molecular weight excluding hydrogens is 154 g/mol. The summed E-state index contributed by atoms with van der Waals surface area (Å²) in [4.78, 5) is 4.99. The van der Waals surface area contributed by atoms with Crippen LogP contribution in [-0.4, -0.2) is 11.2 Å². The van der Waals surface area contributed by atoms with Gasteiger partial charge in [0.05, 0.1) is 0 Å². The first-order valence-corrected chi connectivity index (χ1v) is 4.09. The lowest BCUT2D eigenvalue weighted by molar-refractivity contribution is 1.26. The summed E-state index contributed by atoms with van der Waals surface area (Å²) in [7, 11) is 0. The van der Waals surface area contributed by atoms with Crippen LogP contribution in [0.4, 0.5) is 0 Å². The molecular formula is C6H6ClNS. The van der Waals surface area contributed by atoms with Gasteiger partial charge >= 0.3 is 0 Å². The molecule has 1 heterocycles.